The van der Waals surface area contributed by atoms with E-state index in [-0.39, 0.29) is 0 Å². The van der Waals surface area contributed by atoms with Gasteiger partial charge in [0.25, 0.3) is 0 Å². The molecule has 1 amide bonds. The van der Waals surface area contributed by atoms with E-state index < -0.39 is 6.09 Å². The zero-order chi connectivity index (χ0) is 8.97. The van der Waals surface area contributed by atoms with Gasteiger partial charge in [0.1, 0.15) is 0 Å². The Labute approximate surface area is 75.8 Å². The van der Waals surface area contributed by atoms with Crippen LogP contribution in [0.2, 0.25) is 0 Å². The Kier molecular flexibility index (Phi) is 3.40. The van der Waals surface area contributed by atoms with Gasteiger partial charge >= 0.3 is 6.09 Å². The van der Waals surface area contributed by atoms with Crippen molar-refractivity contribution in [3.05, 3.63) is 0 Å². The summed E-state index contributed by atoms with van der Waals surface area (Å²) in [6, 6.07) is 0.298. The molecule has 1 atom stereocenters. The molecule has 0 radical (unpaired) electrons. The molecule has 68 valence electrons. The molecule has 1 aliphatic heterocycles. The number of nitrogens with one attached hydrogen (secondary N) is 1. The van der Waals surface area contributed by atoms with E-state index >= 15 is 0 Å². The normalized spacial score (nSPS) is 21.8. The summed E-state index contributed by atoms with van der Waals surface area (Å²) in [7, 11) is 0. The highest BCUT2D eigenvalue weighted by molar-refractivity contribution is 8.14. The van der Waals surface area contributed by atoms with Crippen molar-refractivity contribution < 1.29 is 9.53 Å². The van der Waals surface area contributed by atoms with Crippen LogP contribution in [0.4, 0.5) is 4.79 Å². The van der Waals surface area contributed by atoms with Gasteiger partial charge in [0.15, 0.2) is 5.17 Å². The van der Waals surface area contributed by atoms with Crippen LogP contribution in [-0.2, 0) is 4.74 Å². The summed E-state index contributed by atoms with van der Waals surface area (Å²) in [4.78, 5) is 15.1. The van der Waals surface area contributed by atoms with Gasteiger partial charge in [-0.1, -0.05) is 11.8 Å². The molecule has 0 aromatic rings. The minimum atomic E-state index is -0.419. The Morgan fingerprint density at radius 1 is 1.92 bits per heavy atom. The third-order valence-electron chi connectivity index (χ3n) is 1.28. The number of carbonyl (C=O) groups is 1. The molecule has 0 aromatic carbocycles. The summed E-state index contributed by atoms with van der Waals surface area (Å²) < 4.78 is 4.69. The number of amidine groups is 1. The van der Waals surface area contributed by atoms with Crippen LogP contribution in [0.5, 0.6) is 0 Å². The van der Waals surface area contributed by atoms with Crippen LogP contribution in [0.3, 0.4) is 0 Å². The number of carbonyl (C=O) groups excluding carboxylic acids is 1. The van der Waals surface area contributed by atoms with Gasteiger partial charge in [-0.25, -0.2) is 4.79 Å². The molecule has 0 saturated heterocycles. The largest absolute Gasteiger partial charge is 0.450 e. The first-order valence-electron chi connectivity index (χ1n) is 3.86. The molecule has 1 rings (SSSR count). The third kappa shape index (κ3) is 2.73. The minimum absolute atomic E-state index is 0.298. The van der Waals surface area contributed by atoms with Crippen LogP contribution in [0.1, 0.15) is 13.8 Å². The average Bonchev–Trinajstić information content (AvgIpc) is 2.36. The second-order valence-corrected chi connectivity index (χ2v) is 3.45. The second-order valence-electron chi connectivity index (χ2n) is 2.44. The molecular weight excluding hydrogens is 176 g/mol. The molecule has 1 heterocycles. The number of ether oxygens (including phenoxy) is 1. The van der Waals surface area contributed by atoms with Crippen LogP contribution in [0, 0.1) is 0 Å². The fourth-order valence-corrected chi connectivity index (χ4v) is 1.68. The molecule has 0 spiro atoms. The van der Waals surface area contributed by atoms with E-state index in [2.05, 4.69) is 10.3 Å². The van der Waals surface area contributed by atoms with Crippen LogP contribution >= 0.6 is 11.8 Å². The quantitative estimate of drug-likeness (QED) is 0.673. The van der Waals surface area contributed by atoms with E-state index in [0.29, 0.717) is 17.8 Å². The second kappa shape index (κ2) is 4.35. The Bertz CT molecular complexity index is 206. The van der Waals surface area contributed by atoms with Crippen molar-refractivity contribution in [2.75, 3.05) is 12.4 Å². The predicted molar refractivity (Wildman–Crippen MR) is 49.5 cm³/mol. The van der Waals surface area contributed by atoms with Crippen molar-refractivity contribution >= 4 is 23.0 Å². The maximum atomic E-state index is 10.9. The number of hydrogen-bond acceptors (Lipinski definition) is 4. The Morgan fingerprint density at radius 2 is 2.67 bits per heavy atom. The molecule has 0 aromatic heterocycles. The maximum Gasteiger partial charge on any atom is 0.413 e. The Morgan fingerprint density at radius 3 is 3.17 bits per heavy atom. The Hall–Kier alpha value is -0.710. The van der Waals surface area contributed by atoms with Gasteiger partial charge in [0.2, 0.25) is 0 Å². The first kappa shape index (κ1) is 9.38. The summed E-state index contributed by atoms with van der Waals surface area (Å²) >= 11 is 1.54. The van der Waals surface area contributed by atoms with Crippen LogP contribution in [-0.4, -0.2) is 29.7 Å². The lowest BCUT2D eigenvalue weighted by Crippen LogP contribution is -2.27. The van der Waals surface area contributed by atoms with Crippen molar-refractivity contribution in [1.82, 2.24) is 5.32 Å². The Balaban J connectivity index is 2.31. The van der Waals surface area contributed by atoms with E-state index in [1.54, 1.807) is 18.7 Å². The lowest BCUT2D eigenvalue weighted by atomic mass is 10.4. The maximum absolute atomic E-state index is 10.9. The van der Waals surface area contributed by atoms with Crippen LogP contribution < -0.4 is 5.32 Å². The van der Waals surface area contributed by atoms with E-state index in [9.17, 15) is 4.79 Å². The molecule has 0 saturated carbocycles. The first-order chi connectivity index (χ1) is 5.72. The summed E-state index contributed by atoms with van der Waals surface area (Å²) in [6.07, 6.45) is -0.419. The fraction of sp³-hybridized carbons (Fsp3) is 0.714. The van der Waals surface area contributed by atoms with Crippen LogP contribution in [0.25, 0.3) is 0 Å². The number of hydrogen-bond donors (Lipinski definition) is 1. The highest BCUT2D eigenvalue weighted by Crippen LogP contribution is 2.15. The zero-order valence-corrected chi connectivity index (χ0v) is 7.98. The summed E-state index contributed by atoms with van der Waals surface area (Å²) in [6.45, 7) is 4.16. The summed E-state index contributed by atoms with van der Waals surface area (Å²) in [5.74, 6) is 0.932. The van der Waals surface area contributed by atoms with Gasteiger partial charge in [-0.15, -0.1) is 0 Å². The molecule has 12 heavy (non-hydrogen) atoms. The summed E-state index contributed by atoms with van der Waals surface area (Å²) in [5.41, 5.74) is 0. The van der Waals surface area contributed by atoms with Crippen LogP contribution in [0.15, 0.2) is 4.99 Å². The predicted octanol–water partition coefficient (Wildman–Crippen LogP) is 1.22. The van der Waals surface area contributed by atoms with E-state index in [1.807, 2.05) is 6.92 Å². The van der Waals surface area contributed by atoms with Crippen molar-refractivity contribution in [3.8, 4) is 0 Å². The SMILES string of the molecule is CCOC(=O)NC1=NC(C)CS1. The number of rotatable bonds is 1. The van der Waals surface area contributed by atoms with Crippen molar-refractivity contribution in [3.63, 3.8) is 0 Å². The molecule has 1 N–H and O–H groups in total. The van der Waals surface area contributed by atoms with Gasteiger partial charge < -0.3 is 4.74 Å². The first-order valence-corrected chi connectivity index (χ1v) is 4.85. The zero-order valence-electron chi connectivity index (χ0n) is 7.16. The smallest absolute Gasteiger partial charge is 0.413 e. The molecule has 4 nitrogen and oxygen atoms in total. The molecule has 0 aliphatic carbocycles. The lowest BCUT2D eigenvalue weighted by Gasteiger charge is -2.02. The number of nitrogens with zero attached hydrogens (tertiary/aromatic N) is 1. The number of amides is 1. The molecule has 1 aliphatic rings. The van der Waals surface area contributed by atoms with Crippen molar-refractivity contribution in [1.29, 1.82) is 0 Å². The topological polar surface area (TPSA) is 50.7 Å². The van der Waals surface area contributed by atoms with Gasteiger partial charge in [0, 0.05) is 5.75 Å². The molecule has 0 bridgehead atoms. The number of aliphatic imine (C=N–C) groups is 1. The summed E-state index contributed by atoms with van der Waals surface area (Å²) in [5, 5.41) is 3.23. The monoisotopic (exact) mass is 188 g/mol. The fourth-order valence-electron chi connectivity index (χ4n) is 0.797. The molecule has 1 unspecified atom stereocenters. The van der Waals surface area contributed by atoms with Gasteiger partial charge in [-0.2, -0.15) is 0 Å². The highest BCUT2D eigenvalue weighted by Gasteiger charge is 2.15. The third-order valence-corrected chi connectivity index (χ3v) is 2.41. The minimum Gasteiger partial charge on any atom is -0.450 e. The van der Waals surface area contributed by atoms with E-state index in [0.717, 1.165) is 5.75 Å². The van der Waals surface area contributed by atoms with Gasteiger partial charge in [-0.3, -0.25) is 10.3 Å². The lowest BCUT2D eigenvalue weighted by molar-refractivity contribution is 0.158. The average molecular weight is 188 g/mol. The van der Waals surface area contributed by atoms with Crippen molar-refractivity contribution in [2.24, 2.45) is 4.99 Å². The molecule has 5 heteroatoms. The molecular formula is C7H12N2O2S. The van der Waals surface area contributed by atoms with Crippen molar-refractivity contribution in [2.45, 2.75) is 19.9 Å². The number of alkyl carbamates (subject to hydrolysis) is 1. The number of thioether (sulfide) groups is 1. The highest BCUT2D eigenvalue weighted by atomic mass is 32.2. The van der Waals surface area contributed by atoms with Gasteiger partial charge in [0.05, 0.1) is 12.6 Å². The van der Waals surface area contributed by atoms with E-state index in [4.69, 9.17) is 4.74 Å². The van der Waals surface area contributed by atoms with Gasteiger partial charge in [-0.05, 0) is 13.8 Å². The van der Waals surface area contributed by atoms with E-state index in [1.165, 1.54) is 0 Å². The standard InChI is InChI=1S/C7H12N2O2S/c1-3-11-7(10)9-6-8-5(2)4-12-6/h5H,3-4H2,1-2H3,(H,8,9,10). The molecule has 0 fully saturated rings.